The fourth-order valence-corrected chi connectivity index (χ4v) is 3.05. The van der Waals surface area contributed by atoms with E-state index in [2.05, 4.69) is 48.6 Å². The molecule has 4 heteroatoms. The minimum Gasteiger partial charge on any atom is -0.367 e. The second-order valence-electron chi connectivity index (χ2n) is 4.86. The number of thiophene rings is 1. The van der Waals surface area contributed by atoms with Crippen LogP contribution in [0.3, 0.4) is 0 Å². The van der Waals surface area contributed by atoms with Crippen LogP contribution < -0.4 is 10.2 Å². The number of anilines is 1. The predicted octanol–water partition coefficient (Wildman–Crippen LogP) is 4.19. The summed E-state index contributed by atoms with van der Waals surface area (Å²) >= 11 is 1.75. The van der Waals surface area contributed by atoms with Crippen LogP contribution in [0.15, 0.2) is 35.7 Å². The Balaban J connectivity index is 2.26. The zero-order valence-electron chi connectivity index (χ0n) is 12.2. The third-order valence-electron chi connectivity index (χ3n) is 3.52. The molecule has 0 aliphatic heterocycles. The minimum atomic E-state index is -0.182. The standard InChI is InChI=1S/C16H21FN2S/c1-4-18-11-13-10-14(17)7-8-15(13)19(3)12(2)16-6-5-9-20-16/h5-10,12,18H,4,11H2,1-3H3. The summed E-state index contributed by atoms with van der Waals surface area (Å²) in [6.45, 7) is 5.79. The summed E-state index contributed by atoms with van der Waals surface area (Å²) in [6.07, 6.45) is 0. The van der Waals surface area contributed by atoms with Gasteiger partial charge < -0.3 is 10.2 Å². The molecular formula is C16H21FN2S. The van der Waals surface area contributed by atoms with E-state index in [1.54, 1.807) is 17.4 Å². The van der Waals surface area contributed by atoms with Crippen molar-refractivity contribution in [3.63, 3.8) is 0 Å². The zero-order chi connectivity index (χ0) is 14.5. The summed E-state index contributed by atoms with van der Waals surface area (Å²) in [5.74, 6) is -0.182. The summed E-state index contributed by atoms with van der Waals surface area (Å²) < 4.78 is 13.5. The Morgan fingerprint density at radius 2 is 2.15 bits per heavy atom. The summed E-state index contributed by atoms with van der Waals surface area (Å²) in [7, 11) is 2.06. The maximum absolute atomic E-state index is 13.5. The van der Waals surface area contributed by atoms with Crippen LogP contribution >= 0.6 is 11.3 Å². The number of nitrogens with zero attached hydrogens (tertiary/aromatic N) is 1. The Morgan fingerprint density at radius 1 is 1.35 bits per heavy atom. The zero-order valence-corrected chi connectivity index (χ0v) is 13.0. The van der Waals surface area contributed by atoms with Crippen molar-refractivity contribution in [2.24, 2.45) is 0 Å². The van der Waals surface area contributed by atoms with Crippen molar-refractivity contribution < 1.29 is 4.39 Å². The van der Waals surface area contributed by atoms with Crippen LogP contribution in [0.1, 0.15) is 30.3 Å². The number of hydrogen-bond donors (Lipinski definition) is 1. The van der Waals surface area contributed by atoms with Gasteiger partial charge in [0.2, 0.25) is 0 Å². The largest absolute Gasteiger partial charge is 0.367 e. The van der Waals surface area contributed by atoms with Gasteiger partial charge >= 0.3 is 0 Å². The first-order chi connectivity index (χ1) is 9.63. The van der Waals surface area contributed by atoms with Crippen LogP contribution in [-0.2, 0) is 6.54 Å². The van der Waals surface area contributed by atoms with E-state index in [0.717, 1.165) is 17.8 Å². The number of rotatable bonds is 6. The van der Waals surface area contributed by atoms with E-state index < -0.39 is 0 Å². The molecule has 0 saturated carbocycles. The van der Waals surface area contributed by atoms with E-state index >= 15 is 0 Å². The molecule has 1 atom stereocenters. The lowest BCUT2D eigenvalue weighted by Gasteiger charge is -2.28. The Bertz CT molecular complexity index is 539. The van der Waals surface area contributed by atoms with E-state index in [9.17, 15) is 4.39 Å². The third-order valence-corrected chi connectivity index (χ3v) is 4.57. The maximum atomic E-state index is 13.5. The van der Waals surface area contributed by atoms with Crippen molar-refractivity contribution in [3.05, 3.63) is 52.0 Å². The molecule has 1 aromatic heterocycles. The van der Waals surface area contributed by atoms with Gasteiger partial charge in [0, 0.05) is 24.2 Å². The predicted molar refractivity (Wildman–Crippen MR) is 84.9 cm³/mol. The van der Waals surface area contributed by atoms with Gasteiger partial charge in [-0.25, -0.2) is 4.39 Å². The molecule has 0 radical (unpaired) electrons. The van der Waals surface area contributed by atoms with Crippen molar-refractivity contribution in [1.29, 1.82) is 0 Å². The molecule has 108 valence electrons. The Morgan fingerprint density at radius 3 is 2.80 bits per heavy atom. The van der Waals surface area contributed by atoms with Gasteiger partial charge in [0.05, 0.1) is 6.04 Å². The van der Waals surface area contributed by atoms with Crippen LogP contribution in [0.2, 0.25) is 0 Å². The molecule has 1 unspecified atom stereocenters. The van der Waals surface area contributed by atoms with Crippen LogP contribution in [0.4, 0.5) is 10.1 Å². The molecule has 0 spiro atoms. The molecule has 0 saturated heterocycles. The van der Waals surface area contributed by atoms with Crippen LogP contribution in [0.25, 0.3) is 0 Å². The molecule has 0 fully saturated rings. The fraction of sp³-hybridized carbons (Fsp3) is 0.375. The van der Waals surface area contributed by atoms with Crippen molar-refractivity contribution in [1.82, 2.24) is 5.32 Å². The highest BCUT2D eigenvalue weighted by Gasteiger charge is 2.16. The normalized spacial score (nSPS) is 12.4. The molecule has 2 nitrogen and oxygen atoms in total. The maximum Gasteiger partial charge on any atom is 0.123 e. The molecule has 2 rings (SSSR count). The lowest BCUT2D eigenvalue weighted by molar-refractivity contribution is 0.620. The minimum absolute atomic E-state index is 0.182. The molecular weight excluding hydrogens is 271 g/mol. The number of nitrogens with one attached hydrogen (secondary N) is 1. The molecule has 20 heavy (non-hydrogen) atoms. The van der Waals surface area contributed by atoms with E-state index in [1.165, 1.54) is 10.9 Å². The van der Waals surface area contributed by atoms with Gasteiger partial charge in [-0.1, -0.05) is 13.0 Å². The molecule has 2 aromatic rings. The molecule has 0 aliphatic rings. The van der Waals surface area contributed by atoms with Gasteiger partial charge in [-0.3, -0.25) is 0 Å². The van der Waals surface area contributed by atoms with Crippen molar-refractivity contribution in [3.8, 4) is 0 Å². The number of hydrogen-bond acceptors (Lipinski definition) is 3. The average Bonchev–Trinajstić information content (AvgIpc) is 2.97. The molecule has 0 amide bonds. The van der Waals surface area contributed by atoms with Gasteiger partial charge in [-0.15, -0.1) is 11.3 Å². The van der Waals surface area contributed by atoms with E-state index in [-0.39, 0.29) is 11.9 Å². The SMILES string of the molecule is CCNCc1cc(F)ccc1N(C)C(C)c1cccs1. The number of halogens is 1. The lowest BCUT2D eigenvalue weighted by Crippen LogP contribution is -2.23. The first-order valence-electron chi connectivity index (χ1n) is 6.88. The third kappa shape index (κ3) is 3.38. The van der Waals surface area contributed by atoms with Crippen LogP contribution in [0.5, 0.6) is 0 Å². The quantitative estimate of drug-likeness (QED) is 0.858. The average molecular weight is 292 g/mol. The van der Waals surface area contributed by atoms with Crippen molar-refractivity contribution in [2.45, 2.75) is 26.4 Å². The Kier molecular flexibility index (Phi) is 5.15. The lowest BCUT2D eigenvalue weighted by atomic mass is 10.1. The van der Waals surface area contributed by atoms with E-state index in [0.29, 0.717) is 6.54 Å². The van der Waals surface area contributed by atoms with Crippen LogP contribution in [0, 0.1) is 5.82 Å². The summed E-state index contributed by atoms with van der Waals surface area (Å²) in [5, 5.41) is 5.36. The Hall–Kier alpha value is -1.39. The smallest absolute Gasteiger partial charge is 0.123 e. The van der Waals surface area contributed by atoms with Crippen molar-refractivity contribution in [2.75, 3.05) is 18.5 Å². The highest BCUT2D eigenvalue weighted by Crippen LogP contribution is 2.30. The summed E-state index contributed by atoms with van der Waals surface area (Å²) in [5.41, 5.74) is 2.08. The monoisotopic (exact) mass is 292 g/mol. The van der Waals surface area contributed by atoms with E-state index in [4.69, 9.17) is 0 Å². The van der Waals surface area contributed by atoms with Crippen molar-refractivity contribution >= 4 is 17.0 Å². The first-order valence-corrected chi connectivity index (χ1v) is 7.76. The molecule has 1 heterocycles. The van der Waals surface area contributed by atoms with Gasteiger partial charge in [-0.2, -0.15) is 0 Å². The second-order valence-corrected chi connectivity index (χ2v) is 5.83. The Labute approximate surface area is 124 Å². The fourth-order valence-electron chi connectivity index (χ4n) is 2.23. The van der Waals surface area contributed by atoms with Gasteiger partial charge in [0.25, 0.3) is 0 Å². The van der Waals surface area contributed by atoms with Gasteiger partial charge in [-0.05, 0) is 48.7 Å². The molecule has 0 bridgehead atoms. The molecule has 0 aliphatic carbocycles. The van der Waals surface area contributed by atoms with Gasteiger partial charge in [0.1, 0.15) is 5.82 Å². The van der Waals surface area contributed by atoms with Crippen LogP contribution in [-0.4, -0.2) is 13.6 Å². The topological polar surface area (TPSA) is 15.3 Å². The number of benzene rings is 1. The summed E-state index contributed by atoms with van der Waals surface area (Å²) in [6, 6.07) is 9.50. The van der Waals surface area contributed by atoms with E-state index in [1.807, 2.05) is 6.07 Å². The second kappa shape index (κ2) is 6.86. The summed E-state index contributed by atoms with van der Waals surface area (Å²) in [4.78, 5) is 3.52. The van der Waals surface area contributed by atoms with Gasteiger partial charge in [0.15, 0.2) is 0 Å². The molecule has 1 aromatic carbocycles. The highest BCUT2D eigenvalue weighted by molar-refractivity contribution is 7.10. The molecule has 1 N–H and O–H groups in total. The highest BCUT2D eigenvalue weighted by atomic mass is 32.1. The first kappa shape index (κ1) is 15.0.